The molecule has 2 aromatic rings. The summed E-state index contributed by atoms with van der Waals surface area (Å²) < 4.78 is 5.97. The Morgan fingerprint density at radius 3 is 2.32 bits per heavy atom. The molecule has 0 radical (unpaired) electrons. The standard InChI is InChI=1S/C20H25N3O2/c21-14-16-6-8-17(9-7-16)15-22-20(24)23-12-10-19(11-13-23)25-18-4-2-1-3-5-18/h1-9,19H,10-15,21H2,(H,22,24). The number of hydrogen-bond donors (Lipinski definition) is 2. The number of para-hydroxylation sites is 1. The van der Waals surface area contributed by atoms with E-state index >= 15 is 0 Å². The van der Waals surface area contributed by atoms with E-state index in [0.29, 0.717) is 13.1 Å². The molecular formula is C20H25N3O2. The van der Waals surface area contributed by atoms with Gasteiger partial charge in [0, 0.05) is 39.0 Å². The maximum absolute atomic E-state index is 12.3. The first kappa shape index (κ1) is 17.3. The van der Waals surface area contributed by atoms with Gasteiger partial charge in [-0.05, 0) is 23.3 Å². The Kier molecular flexibility index (Phi) is 5.90. The number of nitrogens with one attached hydrogen (secondary N) is 1. The van der Waals surface area contributed by atoms with Crippen LogP contribution in [0, 0.1) is 0 Å². The lowest BCUT2D eigenvalue weighted by atomic mass is 10.1. The van der Waals surface area contributed by atoms with E-state index in [1.165, 1.54) is 0 Å². The van der Waals surface area contributed by atoms with E-state index < -0.39 is 0 Å². The van der Waals surface area contributed by atoms with Gasteiger partial charge in [-0.25, -0.2) is 4.79 Å². The van der Waals surface area contributed by atoms with Gasteiger partial charge >= 0.3 is 6.03 Å². The summed E-state index contributed by atoms with van der Waals surface area (Å²) in [6, 6.07) is 17.8. The number of carbonyl (C=O) groups is 1. The number of likely N-dealkylation sites (tertiary alicyclic amines) is 1. The first-order valence-electron chi connectivity index (χ1n) is 8.77. The zero-order chi connectivity index (χ0) is 17.5. The number of nitrogens with two attached hydrogens (primary N) is 1. The molecule has 0 unspecified atom stereocenters. The van der Waals surface area contributed by atoms with Crippen LogP contribution in [0.2, 0.25) is 0 Å². The highest BCUT2D eigenvalue weighted by molar-refractivity contribution is 5.74. The first-order chi connectivity index (χ1) is 12.2. The minimum Gasteiger partial charge on any atom is -0.490 e. The van der Waals surface area contributed by atoms with Crippen molar-refractivity contribution in [2.45, 2.75) is 32.0 Å². The third-order valence-corrected chi connectivity index (χ3v) is 4.48. The van der Waals surface area contributed by atoms with Crippen LogP contribution < -0.4 is 15.8 Å². The molecule has 1 aliphatic heterocycles. The number of ether oxygens (including phenoxy) is 1. The van der Waals surface area contributed by atoms with Crippen LogP contribution in [-0.4, -0.2) is 30.1 Å². The van der Waals surface area contributed by atoms with E-state index in [4.69, 9.17) is 10.5 Å². The van der Waals surface area contributed by atoms with Crippen LogP contribution in [0.5, 0.6) is 5.75 Å². The molecule has 0 spiro atoms. The van der Waals surface area contributed by atoms with Crippen molar-refractivity contribution < 1.29 is 9.53 Å². The number of hydrogen-bond acceptors (Lipinski definition) is 3. The monoisotopic (exact) mass is 339 g/mol. The number of piperidine rings is 1. The molecule has 0 bridgehead atoms. The molecule has 0 atom stereocenters. The Balaban J connectivity index is 1.41. The average Bonchev–Trinajstić information content (AvgIpc) is 2.68. The van der Waals surface area contributed by atoms with E-state index in [1.54, 1.807) is 0 Å². The van der Waals surface area contributed by atoms with Crippen LogP contribution >= 0.6 is 0 Å². The van der Waals surface area contributed by atoms with Crippen molar-refractivity contribution in [3.63, 3.8) is 0 Å². The zero-order valence-corrected chi connectivity index (χ0v) is 14.4. The van der Waals surface area contributed by atoms with Gasteiger partial charge in [0.15, 0.2) is 0 Å². The molecule has 1 saturated heterocycles. The molecule has 1 fully saturated rings. The number of urea groups is 1. The van der Waals surface area contributed by atoms with Gasteiger partial charge in [-0.15, -0.1) is 0 Å². The summed E-state index contributed by atoms with van der Waals surface area (Å²) in [5.74, 6) is 0.895. The van der Waals surface area contributed by atoms with E-state index in [9.17, 15) is 4.79 Å². The Morgan fingerprint density at radius 1 is 1.04 bits per heavy atom. The highest BCUT2D eigenvalue weighted by Crippen LogP contribution is 2.18. The average molecular weight is 339 g/mol. The Hall–Kier alpha value is -2.53. The van der Waals surface area contributed by atoms with Gasteiger partial charge in [0.1, 0.15) is 11.9 Å². The lowest BCUT2D eigenvalue weighted by molar-refractivity contribution is 0.111. The van der Waals surface area contributed by atoms with Gasteiger partial charge < -0.3 is 20.7 Å². The van der Waals surface area contributed by atoms with Gasteiger partial charge in [0.05, 0.1) is 0 Å². The summed E-state index contributed by atoms with van der Waals surface area (Å²) in [4.78, 5) is 14.2. The predicted octanol–water partition coefficient (Wildman–Crippen LogP) is 2.90. The molecule has 3 rings (SSSR count). The molecule has 132 valence electrons. The SMILES string of the molecule is NCc1ccc(CNC(=O)N2CCC(Oc3ccccc3)CC2)cc1. The second-order valence-electron chi connectivity index (χ2n) is 6.30. The van der Waals surface area contributed by atoms with E-state index in [0.717, 1.165) is 42.8 Å². The Morgan fingerprint density at radius 2 is 1.68 bits per heavy atom. The van der Waals surface area contributed by atoms with Gasteiger partial charge in [-0.1, -0.05) is 42.5 Å². The first-order valence-corrected chi connectivity index (χ1v) is 8.77. The van der Waals surface area contributed by atoms with E-state index in [2.05, 4.69) is 5.32 Å². The molecule has 0 aliphatic carbocycles. The van der Waals surface area contributed by atoms with Gasteiger partial charge in [-0.2, -0.15) is 0 Å². The van der Waals surface area contributed by atoms with Crippen molar-refractivity contribution in [2.24, 2.45) is 5.73 Å². The van der Waals surface area contributed by atoms with Gasteiger partial charge in [0.25, 0.3) is 0 Å². The summed E-state index contributed by atoms with van der Waals surface area (Å²) in [5, 5.41) is 2.99. The van der Waals surface area contributed by atoms with E-state index in [-0.39, 0.29) is 12.1 Å². The third kappa shape index (κ3) is 4.97. The molecule has 2 aromatic carbocycles. The fourth-order valence-corrected chi connectivity index (χ4v) is 2.95. The highest BCUT2D eigenvalue weighted by Gasteiger charge is 2.23. The quantitative estimate of drug-likeness (QED) is 0.880. The maximum Gasteiger partial charge on any atom is 0.317 e. The summed E-state index contributed by atoms with van der Waals surface area (Å²) in [5.41, 5.74) is 7.76. The summed E-state index contributed by atoms with van der Waals surface area (Å²) in [6.07, 6.45) is 1.89. The normalized spacial score (nSPS) is 15.0. The number of carbonyl (C=O) groups excluding carboxylic acids is 1. The minimum atomic E-state index is -0.0129. The van der Waals surface area contributed by atoms with Crippen molar-refractivity contribution in [3.05, 3.63) is 65.7 Å². The number of rotatable bonds is 5. The van der Waals surface area contributed by atoms with Crippen molar-refractivity contribution in [3.8, 4) is 5.75 Å². The zero-order valence-electron chi connectivity index (χ0n) is 14.4. The summed E-state index contributed by atoms with van der Waals surface area (Å²) in [6.45, 7) is 2.50. The fourth-order valence-electron chi connectivity index (χ4n) is 2.95. The highest BCUT2D eigenvalue weighted by atomic mass is 16.5. The molecule has 1 aliphatic rings. The van der Waals surface area contributed by atoms with Gasteiger partial charge in [0.2, 0.25) is 0 Å². The molecule has 2 amide bonds. The lowest BCUT2D eigenvalue weighted by Gasteiger charge is -2.32. The van der Waals surface area contributed by atoms with Crippen LogP contribution in [-0.2, 0) is 13.1 Å². The molecule has 5 heteroatoms. The predicted molar refractivity (Wildman–Crippen MR) is 98.2 cm³/mol. The number of nitrogens with zero attached hydrogens (tertiary/aromatic N) is 1. The van der Waals surface area contributed by atoms with Crippen LogP contribution in [0.1, 0.15) is 24.0 Å². The van der Waals surface area contributed by atoms with Crippen molar-refractivity contribution in [2.75, 3.05) is 13.1 Å². The number of benzene rings is 2. The molecule has 0 saturated carbocycles. The minimum absolute atomic E-state index is 0.0129. The third-order valence-electron chi connectivity index (χ3n) is 4.48. The molecular weight excluding hydrogens is 314 g/mol. The van der Waals surface area contributed by atoms with Crippen molar-refractivity contribution in [1.29, 1.82) is 0 Å². The van der Waals surface area contributed by atoms with Crippen molar-refractivity contribution in [1.82, 2.24) is 10.2 Å². The molecule has 5 nitrogen and oxygen atoms in total. The lowest BCUT2D eigenvalue weighted by Crippen LogP contribution is -2.46. The van der Waals surface area contributed by atoms with Crippen LogP contribution in [0.4, 0.5) is 4.79 Å². The van der Waals surface area contributed by atoms with Crippen molar-refractivity contribution >= 4 is 6.03 Å². The van der Waals surface area contributed by atoms with E-state index in [1.807, 2.05) is 59.5 Å². The molecule has 0 aromatic heterocycles. The number of amides is 2. The second-order valence-corrected chi connectivity index (χ2v) is 6.30. The van der Waals surface area contributed by atoms with Crippen LogP contribution in [0.3, 0.4) is 0 Å². The topological polar surface area (TPSA) is 67.6 Å². The molecule has 25 heavy (non-hydrogen) atoms. The fraction of sp³-hybridized carbons (Fsp3) is 0.350. The Labute approximate surface area is 148 Å². The summed E-state index contributed by atoms with van der Waals surface area (Å²) >= 11 is 0. The summed E-state index contributed by atoms with van der Waals surface area (Å²) in [7, 11) is 0. The molecule has 3 N–H and O–H groups in total. The van der Waals surface area contributed by atoms with Crippen LogP contribution in [0.15, 0.2) is 54.6 Å². The smallest absolute Gasteiger partial charge is 0.317 e. The second kappa shape index (κ2) is 8.53. The van der Waals surface area contributed by atoms with Crippen LogP contribution in [0.25, 0.3) is 0 Å². The largest absolute Gasteiger partial charge is 0.490 e. The maximum atomic E-state index is 12.3. The molecule has 1 heterocycles. The van der Waals surface area contributed by atoms with Gasteiger partial charge in [-0.3, -0.25) is 0 Å². The Bertz CT molecular complexity index is 665.